The fraction of sp³-hybridized carbons (Fsp3) is 0.0769. The number of aryl methyl sites for hydroxylation is 1. The molecule has 0 saturated carbocycles. The highest BCUT2D eigenvalue weighted by Crippen LogP contribution is 2.31. The van der Waals surface area contributed by atoms with Crippen molar-refractivity contribution >= 4 is 34.9 Å². The van der Waals surface area contributed by atoms with Crippen LogP contribution in [-0.4, -0.2) is 37.0 Å². The first-order valence-electron chi connectivity index (χ1n) is 10.8. The fourth-order valence-corrected chi connectivity index (χ4v) is 4.47. The largest absolute Gasteiger partial charge is 0.301 e. The van der Waals surface area contributed by atoms with Crippen LogP contribution in [0.4, 0.5) is 5.69 Å². The fourth-order valence-electron chi connectivity index (χ4n) is 4.28. The van der Waals surface area contributed by atoms with Crippen molar-refractivity contribution in [1.82, 2.24) is 14.5 Å². The van der Waals surface area contributed by atoms with E-state index in [-0.39, 0.29) is 29.2 Å². The molecule has 5 rings (SSSR count). The first-order valence-corrected chi connectivity index (χ1v) is 11.2. The van der Waals surface area contributed by atoms with E-state index in [1.165, 1.54) is 28.8 Å². The van der Waals surface area contributed by atoms with E-state index in [0.717, 1.165) is 4.90 Å². The number of amides is 2. The van der Waals surface area contributed by atoms with Crippen LogP contribution >= 0.6 is 11.6 Å². The highest BCUT2D eigenvalue weighted by molar-refractivity contribution is 6.31. The summed E-state index contributed by atoms with van der Waals surface area (Å²) in [6.45, 7) is 1.52. The molecule has 0 saturated heterocycles. The van der Waals surface area contributed by atoms with Gasteiger partial charge in [0.15, 0.2) is 0 Å². The molecule has 1 aliphatic heterocycles. The van der Waals surface area contributed by atoms with Gasteiger partial charge in [0.05, 0.1) is 34.0 Å². The number of hydrogen-bond donors (Lipinski definition) is 0. The average Bonchev–Trinajstić information content (AvgIpc) is 3.35. The monoisotopic (exact) mass is 500 g/mol. The van der Waals surface area contributed by atoms with Crippen LogP contribution in [0.1, 0.15) is 48.2 Å². The average molecular weight is 501 g/mol. The van der Waals surface area contributed by atoms with Crippen LogP contribution in [0.2, 0.25) is 5.02 Å². The second kappa shape index (κ2) is 8.86. The van der Waals surface area contributed by atoms with E-state index in [1.54, 1.807) is 55.6 Å². The minimum atomic E-state index is -0.630. The maximum atomic E-state index is 13.5. The summed E-state index contributed by atoms with van der Waals surface area (Å²) >= 11 is 6.05. The number of fused-ring (bicyclic) bond motifs is 1. The molecule has 2 heterocycles. The molecule has 0 atom stereocenters. The van der Waals surface area contributed by atoms with Crippen LogP contribution in [0, 0.1) is 17.0 Å². The van der Waals surface area contributed by atoms with Crippen LogP contribution in [0.15, 0.2) is 72.9 Å². The van der Waals surface area contributed by atoms with Gasteiger partial charge in [-0.25, -0.2) is 4.98 Å². The predicted octanol–water partition coefficient (Wildman–Crippen LogP) is 4.77. The number of imidazole rings is 1. The molecule has 0 fully saturated rings. The van der Waals surface area contributed by atoms with E-state index in [1.807, 2.05) is 0 Å². The molecule has 1 aromatic heterocycles. The van der Waals surface area contributed by atoms with Gasteiger partial charge in [0.25, 0.3) is 17.5 Å². The van der Waals surface area contributed by atoms with Crippen molar-refractivity contribution in [3.8, 4) is 5.69 Å². The smallest absolute Gasteiger partial charge is 0.282 e. The lowest BCUT2D eigenvalue weighted by atomic mass is 9.99. The summed E-state index contributed by atoms with van der Waals surface area (Å²) in [7, 11) is 0. The molecular formula is C26H17ClN4O5. The van der Waals surface area contributed by atoms with Crippen molar-refractivity contribution in [2.24, 2.45) is 0 Å². The number of carbonyl (C=O) groups is 3. The normalized spacial score (nSPS) is 12.7. The van der Waals surface area contributed by atoms with E-state index in [0.29, 0.717) is 21.8 Å². The van der Waals surface area contributed by atoms with E-state index in [4.69, 9.17) is 11.6 Å². The number of imide groups is 1. The lowest BCUT2D eigenvalue weighted by molar-refractivity contribution is -0.385. The van der Waals surface area contributed by atoms with Crippen LogP contribution in [0.5, 0.6) is 0 Å². The van der Waals surface area contributed by atoms with Gasteiger partial charge >= 0.3 is 0 Å². The van der Waals surface area contributed by atoms with Gasteiger partial charge in [-0.2, -0.15) is 0 Å². The number of nitro benzene ring substituents is 1. The standard InChI is InChI=1S/C26H17ClN4O5/c1-15-13-29(22(28-15)14-30-25(33)18-8-2-3-9-19(18)26(30)34)20-10-5-11-21(31(35)36)23(20)24(32)16-6-4-7-17(27)12-16/h2-13H,14H2,1H3. The Kier molecular flexibility index (Phi) is 5.69. The Morgan fingerprint density at radius 3 is 2.31 bits per heavy atom. The maximum absolute atomic E-state index is 13.5. The first kappa shape index (κ1) is 23.1. The van der Waals surface area contributed by atoms with Gasteiger partial charge in [-0.05, 0) is 37.3 Å². The Bertz CT molecular complexity index is 1560. The Morgan fingerprint density at radius 1 is 1.00 bits per heavy atom. The Morgan fingerprint density at radius 2 is 1.67 bits per heavy atom. The van der Waals surface area contributed by atoms with Gasteiger partial charge in [-0.1, -0.05) is 41.9 Å². The van der Waals surface area contributed by atoms with E-state index in [9.17, 15) is 24.5 Å². The highest BCUT2D eigenvalue weighted by Gasteiger charge is 2.36. The zero-order chi connectivity index (χ0) is 25.6. The Labute approximate surface area is 209 Å². The number of ketones is 1. The minimum Gasteiger partial charge on any atom is -0.301 e. The lowest BCUT2D eigenvalue weighted by Gasteiger charge is -2.17. The van der Waals surface area contributed by atoms with Gasteiger partial charge in [-0.15, -0.1) is 0 Å². The SMILES string of the molecule is Cc1cn(-c2cccc([N+](=O)[O-])c2C(=O)c2cccc(Cl)c2)c(CN2C(=O)c3ccccc3C2=O)n1. The molecule has 0 aliphatic carbocycles. The number of nitrogens with zero attached hydrogens (tertiary/aromatic N) is 4. The van der Waals surface area contributed by atoms with Crippen LogP contribution in [0.25, 0.3) is 5.69 Å². The summed E-state index contributed by atoms with van der Waals surface area (Å²) in [6, 6.07) is 16.9. The topological polar surface area (TPSA) is 115 Å². The quantitative estimate of drug-likeness (QED) is 0.163. The molecule has 2 amide bonds. The van der Waals surface area contributed by atoms with Crippen molar-refractivity contribution < 1.29 is 19.3 Å². The van der Waals surface area contributed by atoms with E-state index >= 15 is 0 Å². The molecule has 0 radical (unpaired) electrons. The molecule has 0 unspecified atom stereocenters. The molecule has 4 aromatic rings. The summed E-state index contributed by atoms with van der Waals surface area (Å²) in [4.78, 5) is 56.1. The van der Waals surface area contributed by atoms with Crippen molar-refractivity contribution in [3.63, 3.8) is 0 Å². The van der Waals surface area contributed by atoms with Gasteiger partial charge < -0.3 is 4.57 Å². The molecule has 0 bridgehead atoms. The van der Waals surface area contributed by atoms with Gasteiger partial charge in [-0.3, -0.25) is 29.4 Å². The van der Waals surface area contributed by atoms with Crippen molar-refractivity contribution in [2.75, 3.05) is 0 Å². The maximum Gasteiger partial charge on any atom is 0.282 e. The summed E-state index contributed by atoms with van der Waals surface area (Å²) in [5.41, 5.74) is 0.947. The number of nitro groups is 1. The van der Waals surface area contributed by atoms with Crippen molar-refractivity contribution in [1.29, 1.82) is 0 Å². The van der Waals surface area contributed by atoms with Gasteiger partial charge in [0.1, 0.15) is 11.4 Å². The molecule has 1 aliphatic rings. The number of rotatable bonds is 6. The molecule has 0 spiro atoms. The first-order chi connectivity index (χ1) is 17.3. The summed E-state index contributed by atoms with van der Waals surface area (Å²) < 4.78 is 1.50. The minimum absolute atomic E-state index is 0.161. The third-order valence-corrected chi connectivity index (χ3v) is 6.10. The van der Waals surface area contributed by atoms with Crippen molar-refractivity contribution in [3.05, 3.63) is 122 Å². The second-order valence-corrected chi connectivity index (χ2v) is 8.61. The lowest BCUT2D eigenvalue weighted by Crippen LogP contribution is -2.30. The van der Waals surface area contributed by atoms with E-state index in [2.05, 4.69) is 4.98 Å². The summed E-state index contributed by atoms with van der Waals surface area (Å²) in [5.74, 6) is -1.25. The Balaban J connectivity index is 1.63. The molecule has 10 heteroatoms. The summed E-state index contributed by atoms with van der Waals surface area (Å²) in [6.07, 6.45) is 1.60. The third kappa shape index (κ3) is 3.85. The van der Waals surface area contributed by atoms with E-state index < -0.39 is 28.2 Å². The number of aromatic nitrogens is 2. The molecule has 0 N–H and O–H groups in total. The number of benzene rings is 3. The van der Waals surface area contributed by atoms with Gasteiger partial charge in [0, 0.05) is 22.8 Å². The zero-order valence-electron chi connectivity index (χ0n) is 18.8. The summed E-state index contributed by atoms with van der Waals surface area (Å²) in [5, 5.41) is 12.2. The molecule has 178 valence electrons. The third-order valence-electron chi connectivity index (χ3n) is 5.87. The number of halogens is 1. The van der Waals surface area contributed by atoms with Gasteiger partial charge in [0.2, 0.25) is 5.78 Å². The number of carbonyl (C=O) groups excluding carboxylic acids is 3. The highest BCUT2D eigenvalue weighted by atomic mass is 35.5. The van der Waals surface area contributed by atoms with Crippen LogP contribution in [0.3, 0.4) is 0 Å². The number of hydrogen-bond acceptors (Lipinski definition) is 6. The van der Waals surface area contributed by atoms with Crippen LogP contribution < -0.4 is 0 Å². The molecular weight excluding hydrogens is 484 g/mol. The predicted molar refractivity (Wildman–Crippen MR) is 130 cm³/mol. The zero-order valence-corrected chi connectivity index (χ0v) is 19.6. The molecule has 36 heavy (non-hydrogen) atoms. The molecule has 3 aromatic carbocycles. The second-order valence-electron chi connectivity index (χ2n) is 8.18. The van der Waals surface area contributed by atoms with Crippen LogP contribution in [-0.2, 0) is 6.54 Å². The van der Waals surface area contributed by atoms with Crippen molar-refractivity contribution in [2.45, 2.75) is 13.5 Å². The molecule has 9 nitrogen and oxygen atoms in total. The Hall–Kier alpha value is -4.63.